The van der Waals surface area contributed by atoms with Crippen molar-refractivity contribution >= 4 is 11.7 Å². The Morgan fingerprint density at radius 2 is 2.23 bits per heavy atom. The lowest BCUT2D eigenvalue weighted by molar-refractivity contribution is 0.101. The molecule has 1 N–H and O–H groups in total. The van der Waals surface area contributed by atoms with Crippen molar-refractivity contribution in [2.45, 2.75) is 33.2 Å². The number of rotatable bonds is 7. The fourth-order valence-electron chi connectivity index (χ4n) is 1.88. The van der Waals surface area contributed by atoms with Gasteiger partial charge in [0.25, 0.3) is 0 Å². The molecule has 1 atom stereocenters. The first-order valence-electron chi connectivity index (χ1n) is 6.93. The molecule has 2 heterocycles. The quantitative estimate of drug-likeness (QED) is 0.771. The molecule has 8 nitrogen and oxygen atoms in total. The third-order valence-electron chi connectivity index (χ3n) is 3.09. The number of aryl methyl sites for hydroxylation is 1. The van der Waals surface area contributed by atoms with Gasteiger partial charge in [-0.3, -0.25) is 4.79 Å². The highest BCUT2D eigenvalue weighted by molar-refractivity contribution is 5.94. The predicted octanol–water partition coefficient (Wildman–Crippen LogP) is 1.73. The van der Waals surface area contributed by atoms with E-state index in [1.54, 1.807) is 14.0 Å². The van der Waals surface area contributed by atoms with Crippen molar-refractivity contribution in [3.8, 4) is 0 Å². The van der Waals surface area contributed by atoms with Gasteiger partial charge in [0, 0.05) is 19.7 Å². The van der Waals surface area contributed by atoms with Crippen LogP contribution in [-0.2, 0) is 11.2 Å². The minimum absolute atomic E-state index is 0.0585. The third-order valence-corrected chi connectivity index (χ3v) is 3.09. The summed E-state index contributed by atoms with van der Waals surface area (Å²) in [7, 11) is 1.62. The Balaban J connectivity index is 2.05. The van der Waals surface area contributed by atoms with Gasteiger partial charge >= 0.3 is 0 Å². The van der Waals surface area contributed by atoms with Gasteiger partial charge in [-0.2, -0.15) is 4.98 Å². The largest absolute Gasteiger partial charge is 0.384 e. The molecule has 0 aliphatic heterocycles. The number of Topliss-reactive ketones (excluding diaryl/α,β-unsaturated/α-hetero) is 1. The number of ketones is 1. The number of carbonyl (C=O) groups is 1. The van der Waals surface area contributed by atoms with E-state index in [0.29, 0.717) is 41.9 Å². The van der Waals surface area contributed by atoms with Gasteiger partial charge in [0.1, 0.15) is 6.04 Å². The molecule has 0 aromatic carbocycles. The van der Waals surface area contributed by atoms with E-state index in [-0.39, 0.29) is 11.8 Å². The van der Waals surface area contributed by atoms with Gasteiger partial charge in [-0.05, 0) is 20.8 Å². The van der Waals surface area contributed by atoms with E-state index in [1.807, 2.05) is 6.92 Å². The Morgan fingerprint density at radius 1 is 1.45 bits per heavy atom. The maximum absolute atomic E-state index is 11.4. The summed E-state index contributed by atoms with van der Waals surface area (Å²) in [6, 6.07) is -0.244. The third kappa shape index (κ3) is 3.85. The van der Waals surface area contributed by atoms with E-state index in [4.69, 9.17) is 9.26 Å². The van der Waals surface area contributed by atoms with Crippen molar-refractivity contribution in [3.05, 3.63) is 29.2 Å². The van der Waals surface area contributed by atoms with Gasteiger partial charge in [0.15, 0.2) is 11.6 Å². The molecule has 22 heavy (non-hydrogen) atoms. The first kappa shape index (κ1) is 16.0. The van der Waals surface area contributed by atoms with Gasteiger partial charge in [-0.15, -0.1) is 0 Å². The molecule has 1 unspecified atom stereocenters. The Morgan fingerprint density at radius 3 is 2.86 bits per heavy atom. The van der Waals surface area contributed by atoms with E-state index in [1.165, 1.54) is 13.1 Å². The highest BCUT2D eigenvalue weighted by atomic mass is 16.5. The Kier molecular flexibility index (Phi) is 5.16. The van der Waals surface area contributed by atoms with Crippen LogP contribution in [0.2, 0.25) is 0 Å². The smallest absolute Gasteiger partial charge is 0.248 e. The summed E-state index contributed by atoms with van der Waals surface area (Å²) < 4.78 is 10.2. The Bertz CT molecular complexity index is 656. The van der Waals surface area contributed by atoms with E-state index in [0.717, 1.165) is 0 Å². The normalized spacial score (nSPS) is 12.2. The summed E-state index contributed by atoms with van der Waals surface area (Å²) in [5, 5.41) is 6.95. The zero-order chi connectivity index (χ0) is 16.1. The lowest BCUT2D eigenvalue weighted by Gasteiger charge is -2.10. The second kappa shape index (κ2) is 7.08. The molecule has 2 rings (SSSR count). The van der Waals surface area contributed by atoms with E-state index in [9.17, 15) is 4.79 Å². The average molecular weight is 305 g/mol. The van der Waals surface area contributed by atoms with Crippen LogP contribution in [0.4, 0.5) is 5.95 Å². The molecule has 0 saturated heterocycles. The predicted molar refractivity (Wildman–Crippen MR) is 78.7 cm³/mol. The number of aromatic nitrogens is 4. The number of ether oxygens (including phenoxy) is 1. The molecule has 8 heteroatoms. The minimum Gasteiger partial charge on any atom is -0.384 e. The molecule has 118 valence electrons. The van der Waals surface area contributed by atoms with Crippen LogP contribution in [0.5, 0.6) is 0 Å². The van der Waals surface area contributed by atoms with Crippen molar-refractivity contribution < 1.29 is 14.1 Å². The van der Waals surface area contributed by atoms with Crippen LogP contribution in [0, 0.1) is 6.92 Å². The first-order valence-corrected chi connectivity index (χ1v) is 6.93. The minimum atomic E-state index is -0.244. The van der Waals surface area contributed by atoms with Gasteiger partial charge in [-0.1, -0.05) is 5.16 Å². The van der Waals surface area contributed by atoms with Crippen LogP contribution in [0.3, 0.4) is 0 Å². The van der Waals surface area contributed by atoms with Gasteiger partial charge in [0.05, 0.1) is 17.9 Å². The molecule has 2 aromatic rings. The molecule has 0 fully saturated rings. The molecular weight excluding hydrogens is 286 g/mol. The fourth-order valence-corrected chi connectivity index (χ4v) is 1.88. The Labute approximate surface area is 128 Å². The van der Waals surface area contributed by atoms with Crippen LogP contribution in [0.15, 0.2) is 10.7 Å². The summed E-state index contributed by atoms with van der Waals surface area (Å²) in [5.41, 5.74) is 1.14. The summed E-state index contributed by atoms with van der Waals surface area (Å²) in [6.45, 7) is 5.66. The number of hydrogen-bond donors (Lipinski definition) is 1. The van der Waals surface area contributed by atoms with Gasteiger partial charge < -0.3 is 14.6 Å². The van der Waals surface area contributed by atoms with Crippen LogP contribution in [-0.4, -0.2) is 39.6 Å². The second-order valence-corrected chi connectivity index (χ2v) is 4.91. The molecule has 0 aliphatic rings. The molecule has 0 bridgehead atoms. The van der Waals surface area contributed by atoms with Crippen LogP contribution in [0.25, 0.3) is 0 Å². The number of carbonyl (C=O) groups excluding carboxylic acids is 1. The molecule has 2 aromatic heterocycles. The van der Waals surface area contributed by atoms with Crippen molar-refractivity contribution in [1.29, 1.82) is 0 Å². The van der Waals surface area contributed by atoms with Crippen LogP contribution in [0.1, 0.15) is 47.7 Å². The molecule has 0 saturated carbocycles. The summed E-state index contributed by atoms with van der Waals surface area (Å²) in [5.74, 6) is 1.39. The number of hydrogen-bond acceptors (Lipinski definition) is 8. The lowest BCUT2D eigenvalue weighted by atomic mass is 10.2. The SMILES string of the molecule is COCCc1noc(C(C)Nc2ncc(C(C)=O)c(C)n2)n1. The number of nitrogens with zero attached hydrogens (tertiary/aromatic N) is 4. The molecular formula is C14H19N5O3. The highest BCUT2D eigenvalue weighted by Gasteiger charge is 2.16. The zero-order valence-corrected chi connectivity index (χ0v) is 13.1. The van der Waals surface area contributed by atoms with Crippen molar-refractivity contribution in [2.24, 2.45) is 0 Å². The van der Waals surface area contributed by atoms with E-state index in [2.05, 4.69) is 25.4 Å². The van der Waals surface area contributed by atoms with Gasteiger partial charge in [0.2, 0.25) is 11.8 Å². The molecule has 0 radical (unpaired) electrons. The van der Waals surface area contributed by atoms with E-state index >= 15 is 0 Å². The van der Waals surface area contributed by atoms with E-state index < -0.39 is 0 Å². The molecule has 0 spiro atoms. The summed E-state index contributed by atoms with van der Waals surface area (Å²) in [4.78, 5) is 24.0. The monoisotopic (exact) mass is 305 g/mol. The van der Waals surface area contributed by atoms with Crippen molar-refractivity contribution in [1.82, 2.24) is 20.1 Å². The summed E-state index contributed by atoms with van der Waals surface area (Å²) in [6.07, 6.45) is 2.10. The first-order chi connectivity index (χ1) is 10.5. The van der Waals surface area contributed by atoms with Gasteiger partial charge in [-0.25, -0.2) is 9.97 Å². The van der Waals surface area contributed by atoms with Crippen LogP contribution >= 0.6 is 0 Å². The zero-order valence-electron chi connectivity index (χ0n) is 13.1. The number of nitrogens with one attached hydrogen (secondary N) is 1. The summed E-state index contributed by atoms with van der Waals surface area (Å²) >= 11 is 0. The number of anilines is 1. The maximum atomic E-state index is 11.4. The standard InChI is InChI=1S/C14H19N5O3/c1-8-11(10(3)20)7-15-14(16-8)17-9(2)13-18-12(19-22-13)5-6-21-4/h7,9H,5-6H2,1-4H3,(H,15,16,17). The lowest BCUT2D eigenvalue weighted by Crippen LogP contribution is -2.12. The number of methoxy groups -OCH3 is 1. The topological polar surface area (TPSA) is 103 Å². The second-order valence-electron chi connectivity index (χ2n) is 4.91. The molecule has 0 aliphatic carbocycles. The average Bonchev–Trinajstić information content (AvgIpc) is 2.93. The highest BCUT2D eigenvalue weighted by Crippen LogP contribution is 2.16. The maximum Gasteiger partial charge on any atom is 0.248 e. The van der Waals surface area contributed by atoms with Crippen LogP contribution < -0.4 is 5.32 Å². The van der Waals surface area contributed by atoms with Crippen molar-refractivity contribution in [3.63, 3.8) is 0 Å². The van der Waals surface area contributed by atoms with Crippen molar-refractivity contribution in [2.75, 3.05) is 19.0 Å². The molecule has 0 amide bonds. The fraction of sp³-hybridized carbons (Fsp3) is 0.500. The Hall–Kier alpha value is -2.35.